The van der Waals surface area contributed by atoms with E-state index >= 15 is 0 Å². The van der Waals surface area contributed by atoms with E-state index in [2.05, 4.69) is 15.7 Å². The summed E-state index contributed by atoms with van der Waals surface area (Å²) in [6.45, 7) is 7.88. The first kappa shape index (κ1) is 20.2. The monoisotopic (exact) mass is 336 g/mol. The average Bonchev–Trinajstić information content (AvgIpc) is 2.63. The third-order valence-electron chi connectivity index (χ3n) is 4.03. The highest BCUT2D eigenvalue weighted by molar-refractivity contribution is 5.85. The van der Waals surface area contributed by atoms with Gasteiger partial charge in [0.15, 0.2) is 0 Å². The van der Waals surface area contributed by atoms with E-state index in [1.165, 1.54) is 0 Å². The molecule has 1 fully saturated rings. The highest BCUT2D eigenvalue weighted by Crippen LogP contribution is 2.23. The van der Waals surface area contributed by atoms with Gasteiger partial charge in [0.05, 0.1) is 11.6 Å². The molecule has 21 heavy (non-hydrogen) atoms. The Bertz CT molecular complexity index is 470. The molecule has 1 saturated heterocycles. The van der Waals surface area contributed by atoms with Crippen molar-refractivity contribution >= 4 is 30.7 Å². The summed E-state index contributed by atoms with van der Waals surface area (Å²) >= 11 is 0. The molecule has 0 saturated carbocycles. The number of halogens is 2. The summed E-state index contributed by atoms with van der Waals surface area (Å²) < 4.78 is 1.84. The van der Waals surface area contributed by atoms with Crippen LogP contribution in [0.2, 0.25) is 0 Å². The van der Waals surface area contributed by atoms with Gasteiger partial charge in [-0.15, -0.1) is 24.8 Å². The predicted octanol–water partition coefficient (Wildman–Crippen LogP) is 1.85. The van der Waals surface area contributed by atoms with Gasteiger partial charge in [0.2, 0.25) is 5.91 Å². The summed E-state index contributed by atoms with van der Waals surface area (Å²) in [5.41, 5.74) is 3.08. The second-order valence-corrected chi connectivity index (χ2v) is 5.48. The Morgan fingerprint density at radius 1 is 1.43 bits per heavy atom. The Balaban J connectivity index is 0.00000200. The quantitative estimate of drug-likeness (QED) is 0.885. The highest BCUT2D eigenvalue weighted by Gasteiger charge is 2.24. The van der Waals surface area contributed by atoms with E-state index in [1.807, 2.05) is 32.5 Å². The fourth-order valence-electron chi connectivity index (χ4n) is 2.85. The van der Waals surface area contributed by atoms with Crippen LogP contribution in [-0.2, 0) is 11.8 Å². The number of piperidine rings is 1. The molecule has 0 radical (unpaired) electrons. The van der Waals surface area contributed by atoms with Gasteiger partial charge in [0.1, 0.15) is 0 Å². The van der Waals surface area contributed by atoms with Crippen molar-refractivity contribution in [3.05, 3.63) is 17.0 Å². The molecule has 1 aliphatic heterocycles. The fourth-order valence-corrected chi connectivity index (χ4v) is 2.85. The summed E-state index contributed by atoms with van der Waals surface area (Å²) in [6, 6.07) is 0.265. The zero-order valence-electron chi connectivity index (χ0n) is 13.1. The van der Waals surface area contributed by atoms with Crippen LogP contribution in [0, 0.1) is 13.8 Å². The van der Waals surface area contributed by atoms with Crippen molar-refractivity contribution < 1.29 is 4.79 Å². The largest absolute Gasteiger partial charge is 0.352 e. The minimum absolute atomic E-state index is 0. The van der Waals surface area contributed by atoms with Crippen molar-refractivity contribution in [3.63, 3.8) is 0 Å². The van der Waals surface area contributed by atoms with Gasteiger partial charge in [-0.3, -0.25) is 9.48 Å². The molecule has 0 spiro atoms. The normalized spacial score (nSPS) is 19.1. The van der Waals surface area contributed by atoms with E-state index in [9.17, 15) is 4.79 Å². The van der Waals surface area contributed by atoms with E-state index in [1.54, 1.807) is 0 Å². The first-order valence-corrected chi connectivity index (χ1v) is 7.02. The number of hydrogen-bond donors (Lipinski definition) is 2. The molecule has 0 aliphatic carbocycles. The van der Waals surface area contributed by atoms with E-state index in [4.69, 9.17) is 0 Å². The molecular weight excluding hydrogens is 311 g/mol. The van der Waals surface area contributed by atoms with Gasteiger partial charge in [0.25, 0.3) is 0 Å². The number of aromatic nitrogens is 2. The molecule has 122 valence electrons. The Kier molecular flexibility index (Phi) is 8.29. The number of nitrogens with one attached hydrogen (secondary N) is 2. The Morgan fingerprint density at radius 2 is 2.10 bits per heavy atom. The second-order valence-electron chi connectivity index (χ2n) is 5.48. The molecule has 1 aliphatic rings. The molecule has 0 aromatic carbocycles. The number of nitrogens with zero attached hydrogens (tertiary/aromatic N) is 2. The van der Waals surface area contributed by atoms with Crippen molar-refractivity contribution in [2.24, 2.45) is 7.05 Å². The lowest BCUT2D eigenvalue weighted by molar-refractivity contribution is -0.123. The van der Waals surface area contributed by atoms with E-state index in [0.29, 0.717) is 0 Å². The fraction of sp³-hybridized carbons (Fsp3) is 0.714. The lowest BCUT2D eigenvalue weighted by Gasteiger charge is -2.25. The maximum Gasteiger partial charge on any atom is 0.227 e. The van der Waals surface area contributed by atoms with Gasteiger partial charge in [-0.1, -0.05) is 0 Å². The zero-order chi connectivity index (χ0) is 14.0. The van der Waals surface area contributed by atoms with E-state index in [-0.39, 0.29) is 42.7 Å². The standard InChI is InChI=1S/C14H24N4O.2ClH/c1-9(13-10(2)17-18(4)11(13)3)14(19)16-12-6-5-7-15-8-12;;/h9,12,15H,5-8H2,1-4H3,(H,16,19);2*1H/t9?,12-;;/m0../s1. The van der Waals surface area contributed by atoms with E-state index < -0.39 is 0 Å². The molecule has 2 rings (SSSR count). The van der Waals surface area contributed by atoms with Crippen LogP contribution in [0.4, 0.5) is 0 Å². The second kappa shape index (κ2) is 8.61. The number of carbonyl (C=O) groups excluding carboxylic acids is 1. The molecule has 2 atom stereocenters. The smallest absolute Gasteiger partial charge is 0.227 e. The lowest BCUT2D eigenvalue weighted by atomic mass is 9.97. The number of rotatable bonds is 3. The molecule has 0 bridgehead atoms. The SMILES string of the molecule is Cc1nn(C)c(C)c1C(C)C(=O)N[C@H]1CCCNC1.Cl.Cl. The van der Waals surface area contributed by atoms with Gasteiger partial charge in [-0.2, -0.15) is 5.10 Å². The van der Waals surface area contributed by atoms with Gasteiger partial charge >= 0.3 is 0 Å². The maximum absolute atomic E-state index is 12.3. The third-order valence-corrected chi connectivity index (χ3v) is 4.03. The summed E-state index contributed by atoms with van der Waals surface area (Å²) in [7, 11) is 1.92. The first-order valence-electron chi connectivity index (χ1n) is 7.02. The van der Waals surface area contributed by atoms with Crippen LogP contribution in [0.5, 0.6) is 0 Å². The van der Waals surface area contributed by atoms with Crippen molar-refractivity contribution in [1.29, 1.82) is 0 Å². The molecular formula is C14H26Cl2N4O. The number of carbonyl (C=O) groups is 1. The van der Waals surface area contributed by atoms with Gasteiger partial charge in [-0.25, -0.2) is 0 Å². The first-order chi connectivity index (χ1) is 9.00. The minimum atomic E-state index is -0.143. The van der Waals surface area contributed by atoms with Crippen LogP contribution in [0.3, 0.4) is 0 Å². The Labute approximate surface area is 139 Å². The lowest BCUT2D eigenvalue weighted by Crippen LogP contribution is -2.46. The summed E-state index contributed by atoms with van der Waals surface area (Å²) in [4.78, 5) is 12.3. The van der Waals surface area contributed by atoms with Crippen LogP contribution < -0.4 is 10.6 Å². The molecule has 5 nitrogen and oxygen atoms in total. The van der Waals surface area contributed by atoms with Gasteiger partial charge in [0, 0.05) is 30.9 Å². The number of amides is 1. The van der Waals surface area contributed by atoms with Crippen LogP contribution in [0.15, 0.2) is 0 Å². The van der Waals surface area contributed by atoms with Crippen molar-refractivity contribution in [3.8, 4) is 0 Å². The predicted molar refractivity (Wildman–Crippen MR) is 89.6 cm³/mol. The van der Waals surface area contributed by atoms with Crippen molar-refractivity contribution in [2.75, 3.05) is 13.1 Å². The summed E-state index contributed by atoms with van der Waals surface area (Å²) in [5.74, 6) is -0.0384. The summed E-state index contributed by atoms with van der Waals surface area (Å²) in [6.07, 6.45) is 2.20. The maximum atomic E-state index is 12.3. The molecule has 7 heteroatoms. The third kappa shape index (κ3) is 4.59. The topological polar surface area (TPSA) is 59.0 Å². The van der Waals surface area contributed by atoms with Crippen LogP contribution >= 0.6 is 24.8 Å². The Hall–Kier alpha value is -0.780. The highest BCUT2D eigenvalue weighted by atomic mass is 35.5. The van der Waals surface area contributed by atoms with Crippen LogP contribution in [-0.4, -0.2) is 34.8 Å². The van der Waals surface area contributed by atoms with Crippen molar-refractivity contribution in [2.45, 2.75) is 45.6 Å². The van der Waals surface area contributed by atoms with Gasteiger partial charge in [-0.05, 0) is 40.2 Å². The Morgan fingerprint density at radius 3 is 2.57 bits per heavy atom. The number of hydrogen-bond acceptors (Lipinski definition) is 3. The number of aryl methyl sites for hydroxylation is 2. The van der Waals surface area contributed by atoms with E-state index in [0.717, 1.165) is 42.9 Å². The van der Waals surface area contributed by atoms with Crippen molar-refractivity contribution in [1.82, 2.24) is 20.4 Å². The molecule has 1 aromatic heterocycles. The average molecular weight is 337 g/mol. The van der Waals surface area contributed by atoms with Crippen LogP contribution in [0.1, 0.15) is 42.6 Å². The van der Waals surface area contributed by atoms with Crippen LogP contribution in [0.25, 0.3) is 0 Å². The molecule has 1 aromatic rings. The summed E-state index contributed by atoms with van der Waals surface area (Å²) in [5, 5.41) is 10.8. The molecule has 2 heterocycles. The zero-order valence-corrected chi connectivity index (χ0v) is 14.7. The molecule has 1 unspecified atom stereocenters. The molecule has 1 amide bonds. The van der Waals surface area contributed by atoms with Gasteiger partial charge < -0.3 is 10.6 Å². The molecule has 2 N–H and O–H groups in total. The minimum Gasteiger partial charge on any atom is -0.352 e.